The van der Waals surface area contributed by atoms with Crippen molar-refractivity contribution in [3.63, 3.8) is 0 Å². The monoisotopic (exact) mass is 401 g/mol. The van der Waals surface area contributed by atoms with Crippen LogP contribution in [0.1, 0.15) is 70.8 Å². The van der Waals surface area contributed by atoms with Gasteiger partial charge in [0, 0.05) is 18.9 Å². The molecule has 29 heavy (non-hydrogen) atoms. The molecule has 2 aromatic rings. The maximum Gasteiger partial charge on any atom is 0.228 e. The van der Waals surface area contributed by atoms with Crippen LogP contribution in [0, 0.1) is 5.92 Å². The second-order valence-electron chi connectivity index (χ2n) is 7.85. The lowest BCUT2D eigenvalue weighted by Crippen LogP contribution is -2.38. The molecule has 160 valence electrons. The highest BCUT2D eigenvalue weighted by Crippen LogP contribution is 2.18. The van der Waals surface area contributed by atoms with E-state index in [9.17, 15) is 0 Å². The Morgan fingerprint density at radius 3 is 2.45 bits per heavy atom. The molecule has 2 N–H and O–H groups in total. The smallest absolute Gasteiger partial charge is 0.228 e. The molecule has 0 aliphatic rings. The number of ether oxygens (including phenoxy) is 1. The Bertz CT molecular complexity index is 753. The molecule has 1 aromatic carbocycles. The van der Waals surface area contributed by atoms with Crippen molar-refractivity contribution in [3.8, 4) is 5.75 Å². The van der Waals surface area contributed by atoms with E-state index in [2.05, 4.69) is 65.6 Å². The standard InChI is InChI=1S/C22H35N5O2/c1-7-23-22(24-13-12-20-26-21(16(4)5)27-29-20)25-17(6)18-8-10-19(11-9-18)28-14-15(2)3/h8-11,15-17H,7,12-14H2,1-6H3,(H2,23,24,25). The molecule has 7 heteroatoms. The van der Waals surface area contributed by atoms with E-state index in [0.29, 0.717) is 24.8 Å². The molecule has 0 bridgehead atoms. The number of hydrogen-bond acceptors (Lipinski definition) is 5. The van der Waals surface area contributed by atoms with Gasteiger partial charge in [0.15, 0.2) is 11.8 Å². The average molecular weight is 402 g/mol. The average Bonchev–Trinajstić information content (AvgIpc) is 3.16. The minimum Gasteiger partial charge on any atom is -0.493 e. The summed E-state index contributed by atoms with van der Waals surface area (Å²) in [6.45, 7) is 14.6. The van der Waals surface area contributed by atoms with Crippen molar-refractivity contribution >= 4 is 5.96 Å². The lowest BCUT2D eigenvalue weighted by atomic mass is 10.1. The van der Waals surface area contributed by atoms with Crippen LogP contribution in [0.3, 0.4) is 0 Å². The summed E-state index contributed by atoms with van der Waals surface area (Å²) in [5.41, 5.74) is 1.17. The van der Waals surface area contributed by atoms with Gasteiger partial charge in [-0.15, -0.1) is 0 Å². The van der Waals surface area contributed by atoms with Gasteiger partial charge in [0.1, 0.15) is 5.75 Å². The first-order chi connectivity index (χ1) is 13.9. The van der Waals surface area contributed by atoms with Crippen LogP contribution in [0.5, 0.6) is 5.75 Å². The first-order valence-electron chi connectivity index (χ1n) is 10.5. The number of nitrogens with zero attached hydrogens (tertiary/aromatic N) is 3. The van der Waals surface area contributed by atoms with Crippen LogP contribution < -0.4 is 15.4 Å². The second-order valence-corrected chi connectivity index (χ2v) is 7.85. The third-order valence-electron chi connectivity index (χ3n) is 4.26. The fourth-order valence-corrected chi connectivity index (χ4v) is 2.59. The predicted molar refractivity (Wildman–Crippen MR) is 116 cm³/mol. The van der Waals surface area contributed by atoms with Crippen molar-refractivity contribution in [2.24, 2.45) is 10.9 Å². The Labute approximate surface area is 174 Å². The first kappa shape index (κ1) is 22.7. The van der Waals surface area contributed by atoms with E-state index in [4.69, 9.17) is 9.26 Å². The fraction of sp³-hybridized carbons (Fsp3) is 0.591. The van der Waals surface area contributed by atoms with E-state index >= 15 is 0 Å². The summed E-state index contributed by atoms with van der Waals surface area (Å²) in [7, 11) is 0. The van der Waals surface area contributed by atoms with Gasteiger partial charge in [0.2, 0.25) is 5.89 Å². The van der Waals surface area contributed by atoms with Crippen LogP contribution in [0.15, 0.2) is 33.8 Å². The lowest BCUT2D eigenvalue weighted by molar-refractivity contribution is 0.271. The molecular weight excluding hydrogens is 366 g/mol. The van der Waals surface area contributed by atoms with Gasteiger partial charge in [-0.05, 0) is 37.5 Å². The van der Waals surface area contributed by atoms with Crippen LogP contribution in [-0.2, 0) is 6.42 Å². The lowest BCUT2D eigenvalue weighted by Gasteiger charge is -2.18. The van der Waals surface area contributed by atoms with Gasteiger partial charge in [-0.1, -0.05) is 45.0 Å². The summed E-state index contributed by atoms with van der Waals surface area (Å²) < 4.78 is 11.0. The zero-order valence-corrected chi connectivity index (χ0v) is 18.5. The third-order valence-corrected chi connectivity index (χ3v) is 4.26. The van der Waals surface area contributed by atoms with Gasteiger partial charge in [-0.2, -0.15) is 4.98 Å². The number of nitrogens with one attached hydrogen (secondary N) is 2. The minimum absolute atomic E-state index is 0.114. The van der Waals surface area contributed by atoms with Crippen LogP contribution in [0.4, 0.5) is 0 Å². The van der Waals surface area contributed by atoms with Crippen molar-refractivity contribution in [1.29, 1.82) is 0 Å². The van der Waals surface area contributed by atoms with Crippen molar-refractivity contribution in [3.05, 3.63) is 41.5 Å². The number of rotatable bonds is 10. The van der Waals surface area contributed by atoms with Crippen LogP contribution >= 0.6 is 0 Å². The van der Waals surface area contributed by atoms with E-state index in [-0.39, 0.29) is 12.0 Å². The molecule has 0 amide bonds. The molecule has 1 unspecified atom stereocenters. The van der Waals surface area contributed by atoms with E-state index < -0.39 is 0 Å². The summed E-state index contributed by atoms with van der Waals surface area (Å²) in [6.07, 6.45) is 0.618. The Morgan fingerprint density at radius 2 is 1.86 bits per heavy atom. The van der Waals surface area contributed by atoms with E-state index in [1.165, 1.54) is 5.56 Å². The first-order valence-corrected chi connectivity index (χ1v) is 10.5. The summed E-state index contributed by atoms with van der Waals surface area (Å²) in [4.78, 5) is 9.03. The molecule has 0 spiro atoms. The number of aliphatic imine (C=N–C) groups is 1. The van der Waals surface area contributed by atoms with Crippen molar-refractivity contribution < 1.29 is 9.26 Å². The van der Waals surface area contributed by atoms with Gasteiger partial charge in [0.25, 0.3) is 0 Å². The molecule has 1 aromatic heterocycles. The molecule has 1 heterocycles. The molecular formula is C22H35N5O2. The number of benzene rings is 1. The zero-order chi connectivity index (χ0) is 21.2. The normalized spacial score (nSPS) is 13.0. The van der Waals surface area contributed by atoms with Crippen LogP contribution in [0.25, 0.3) is 0 Å². The van der Waals surface area contributed by atoms with Gasteiger partial charge < -0.3 is 19.9 Å². The molecule has 1 atom stereocenters. The Hall–Kier alpha value is -2.57. The predicted octanol–water partition coefficient (Wildman–Crippen LogP) is 4.09. The molecule has 0 saturated carbocycles. The van der Waals surface area contributed by atoms with Gasteiger partial charge in [-0.25, -0.2) is 0 Å². The molecule has 0 aliphatic carbocycles. The summed E-state index contributed by atoms with van der Waals surface area (Å²) in [5, 5.41) is 10.7. The minimum atomic E-state index is 0.114. The van der Waals surface area contributed by atoms with E-state index in [1.54, 1.807) is 0 Å². The Kier molecular flexibility index (Phi) is 8.96. The fourth-order valence-electron chi connectivity index (χ4n) is 2.59. The van der Waals surface area contributed by atoms with Crippen molar-refractivity contribution in [2.45, 2.75) is 59.9 Å². The largest absolute Gasteiger partial charge is 0.493 e. The molecule has 2 rings (SSSR count). The van der Waals surface area contributed by atoms with Gasteiger partial charge >= 0.3 is 0 Å². The van der Waals surface area contributed by atoms with E-state index in [0.717, 1.165) is 30.7 Å². The molecule has 0 radical (unpaired) electrons. The SMILES string of the molecule is CCNC(=NCCc1nc(C(C)C)no1)NC(C)c1ccc(OCC(C)C)cc1. The maximum absolute atomic E-state index is 5.76. The van der Waals surface area contributed by atoms with Crippen molar-refractivity contribution in [1.82, 2.24) is 20.8 Å². The molecule has 7 nitrogen and oxygen atoms in total. The van der Waals surface area contributed by atoms with Crippen LogP contribution in [-0.4, -0.2) is 35.8 Å². The summed E-state index contributed by atoms with van der Waals surface area (Å²) in [6, 6.07) is 8.32. The number of aromatic nitrogens is 2. The third kappa shape index (κ3) is 7.75. The molecule has 0 saturated heterocycles. The topological polar surface area (TPSA) is 84.6 Å². The number of guanidine groups is 1. The number of hydrogen-bond donors (Lipinski definition) is 2. The van der Waals surface area contributed by atoms with Crippen molar-refractivity contribution in [2.75, 3.05) is 19.7 Å². The Balaban J connectivity index is 1.91. The second kappa shape index (κ2) is 11.4. The highest BCUT2D eigenvalue weighted by molar-refractivity contribution is 5.80. The van der Waals surface area contributed by atoms with Gasteiger partial charge in [-0.3, -0.25) is 4.99 Å². The Morgan fingerprint density at radius 1 is 1.14 bits per heavy atom. The quantitative estimate of drug-likeness (QED) is 0.461. The van der Waals surface area contributed by atoms with Crippen LogP contribution in [0.2, 0.25) is 0 Å². The van der Waals surface area contributed by atoms with Gasteiger partial charge in [0.05, 0.1) is 19.2 Å². The molecule has 0 fully saturated rings. The highest BCUT2D eigenvalue weighted by atomic mass is 16.5. The summed E-state index contributed by atoms with van der Waals surface area (Å²) >= 11 is 0. The molecule has 0 aliphatic heterocycles. The zero-order valence-electron chi connectivity index (χ0n) is 18.5. The maximum atomic E-state index is 5.76. The van der Waals surface area contributed by atoms with E-state index in [1.807, 2.05) is 26.0 Å². The highest BCUT2D eigenvalue weighted by Gasteiger charge is 2.11. The summed E-state index contributed by atoms with van der Waals surface area (Å²) in [5.74, 6) is 3.80.